The number of rotatable bonds is 1. The van der Waals surface area contributed by atoms with Gasteiger partial charge in [-0.1, -0.05) is 34.6 Å². The highest BCUT2D eigenvalue weighted by Crippen LogP contribution is 2.27. The fraction of sp³-hybridized carbons (Fsp3) is 0.900. The van der Waals surface area contributed by atoms with Gasteiger partial charge in [0.2, 0.25) is 0 Å². The first-order valence-electron chi connectivity index (χ1n) is 9.83. The quantitative estimate of drug-likeness (QED) is 0.614. The first kappa shape index (κ1) is 23.1. The van der Waals surface area contributed by atoms with Crippen LogP contribution in [0, 0.1) is 23.7 Å². The molecule has 1 aliphatic rings. The molecule has 0 bridgehead atoms. The molecule has 6 heteroatoms. The molecule has 5 unspecified atom stereocenters. The van der Waals surface area contributed by atoms with E-state index in [9.17, 15) is 20.1 Å². The number of hydrogen-bond acceptors (Lipinski definition) is 6. The molecule has 1 heterocycles. The molecule has 6 nitrogen and oxygen atoms in total. The molecular formula is C20H37NO5. The topological polar surface area (TPSA) is 99.4 Å². The molecule has 26 heavy (non-hydrogen) atoms. The predicted octanol–water partition coefficient (Wildman–Crippen LogP) is 2.19. The van der Waals surface area contributed by atoms with E-state index in [1.165, 1.54) is 0 Å². The van der Waals surface area contributed by atoms with Crippen LogP contribution >= 0.6 is 0 Å². The van der Waals surface area contributed by atoms with Gasteiger partial charge in [-0.15, -0.1) is 0 Å². The Kier molecular flexibility index (Phi) is 9.21. The van der Waals surface area contributed by atoms with Crippen molar-refractivity contribution in [2.45, 2.75) is 84.7 Å². The van der Waals surface area contributed by atoms with Crippen molar-refractivity contribution in [2.24, 2.45) is 28.7 Å². The molecule has 1 fully saturated rings. The van der Waals surface area contributed by atoms with Crippen molar-refractivity contribution in [1.29, 1.82) is 0 Å². The second-order valence-corrected chi connectivity index (χ2v) is 8.07. The van der Waals surface area contributed by atoms with E-state index in [-0.39, 0.29) is 23.7 Å². The molecule has 1 saturated heterocycles. The van der Waals surface area contributed by atoms with Crippen LogP contribution < -0.4 is 0 Å². The number of aliphatic imine (C=N–C) groups is 1. The van der Waals surface area contributed by atoms with E-state index in [2.05, 4.69) is 4.99 Å². The maximum Gasteiger partial charge on any atom is 0.309 e. The molecule has 1 aliphatic heterocycles. The van der Waals surface area contributed by atoms with Crippen molar-refractivity contribution in [1.82, 2.24) is 0 Å². The molecule has 1 rings (SSSR count). The first-order chi connectivity index (χ1) is 12.1. The van der Waals surface area contributed by atoms with Gasteiger partial charge in [-0.25, -0.2) is 0 Å². The van der Waals surface area contributed by atoms with Gasteiger partial charge in [-0.3, -0.25) is 9.79 Å². The normalized spacial score (nSPS) is 43.0. The molecule has 0 amide bonds. The fourth-order valence-corrected chi connectivity index (χ4v) is 4.11. The summed E-state index contributed by atoms with van der Waals surface area (Å²) in [4.78, 5) is 16.7. The van der Waals surface area contributed by atoms with Crippen molar-refractivity contribution in [3.8, 4) is 0 Å². The van der Waals surface area contributed by atoms with E-state index < -0.39 is 30.3 Å². The highest BCUT2D eigenvalue weighted by molar-refractivity contribution is 5.89. The summed E-state index contributed by atoms with van der Waals surface area (Å²) in [6.07, 6.45) is -1.34. The van der Waals surface area contributed by atoms with Crippen LogP contribution in [0.2, 0.25) is 0 Å². The highest BCUT2D eigenvalue weighted by Gasteiger charge is 2.36. The molecular weight excluding hydrogens is 334 g/mol. The van der Waals surface area contributed by atoms with Gasteiger partial charge in [0.25, 0.3) is 0 Å². The highest BCUT2D eigenvalue weighted by atomic mass is 16.6. The summed E-state index contributed by atoms with van der Waals surface area (Å²) in [6.45, 7) is 9.45. The van der Waals surface area contributed by atoms with Crippen LogP contribution in [0.25, 0.3) is 0 Å². The van der Waals surface area contributed by atoms with Gasteiger partial charge >= 0.3 is 5.97 Å². The minimum Gasteiger partial charge on any atom is -0.459 e. The molecule has 0 aromatic heterocycles. The van der Waals surface area contributed by atoms with Gasteiger partial charge in [-0.2, -0.15) is 0 Å². The van der Waals surface area contributed by atoms with Gasteiger partial charge in [0.1, 0.15) is 12.2 Å². The van der Waals surface area contributed by atoms with Crippen LogP contribution in [0.5, 0.6) is 0 Å². The van der Waals surface area contributed by atoms with Gasteiger partial charge in [-0.05, 0) is 37.5 Å². The largest absolute Gasteiger partial charge is 0.459 e. The second-order valence-electron chi connectivity index (χ2n) is 8.07. The average molecular weight is 372 g/mol. The van der Waals surface area contributed by atoms with Crippen LogP contribution in [-0.4, -0.2) is 58.5 Å². The van der Waals surface area contributed by atoms with Crippen molar-refractivity contribution in [2.75, 3.05) is 7.05 Å². The number of hydrogen-bond donors (Lipinski definition) is 3. The van der Waals surface area contributed by atoms with E-state index in [0.717, 1.165) is 5.71 Å². The zero-order valence-corrected chi connectivity index (χ0v) is 17.1. The maximum atomic E-state index is 12.4. The Morgan fingerprint density at radius 1 is 1.00 bits per heavy atom. The standard InChI is InChI=1S/C20H37NO5/c1-7-16-19(24)18(23)14(5)17(21-6)12(3)10-15(22)9-11(2)8-13(4)20(25)26-16/h11-16,18-19,22-24H,7-10H2,1-6H3/t11-,12+,13?,14?,15?,16+,18?,19?/m0/s1. The predicted molar refractivity (Wildman–Crippen MR) is 102 cm³/mol. The Hall–Kier alpha value is -0.980. The van der Waals surface area contributed by atoms with Crippen LogP contribution in [0.1, 0.15) is 60.3 Å². The molecule has 0 aromatic carbocycles. The van der Waals surface area contributed by atoms with Crippen LogP contribution in [-0.2, 0) is 9.53 Å². The molecule has 3 N–H and O–H groups in total. The Morgan fingerprint density at radius 2 is 1.62 bits per heavy atom. The van der Waals surface area contributed by atoms with Gasteiger partial charge in [0, 0.05) is 18.7 Å². The second kappa shape index (κ2) is 10.4. The van der Waals surface area contributed by atoms with Crippen LogP contribution in [0.4, 0.5) is 0 Å². The summed E-state index contributed by atoms with van der Waals surface area (Å²) in [6, 6.07) is 0. The summed E-state index contributed by atoms with van der Waals surface area (Å²) in [5.41, 5.74) is 0.759. The zero-order chi connectivity index (χ0) is 20.0. The van der Waals surface area contributed by atoms with Gasteiger partial charge in [0.15, 0.2) is 0 Å². The number of nitrogens with zero attached hydrogens (tertiary/aromatic N) is 1. The number of aliphatic hydroxyl groups excluding tert-OH is 3. The smallest absolute Gasteiger partial charge is 0.309 e. The Labute approximate surface area is 157 Å². The van der Waals surface area contributed by atoms with Crippen molar-refractivity contribution < 1.29 is 24.9 Å². The lowest BCUT2D eigenvalue weighted by atomic mass is 9.82. The Balaban J connectivity index is 3.14. The number of ether oxygens (including phenoxy) is 1. The summed E-state index contributed by atoms with van der Waals surface area (Å²) in [7, 11) is 1.67. The van der Waals surface area contributed by atoms with Crippen molar-refractivity contribution >= 4 is 11.7 Å². The third-order valence-electron chi connectivity index (χ3n) is 5.60. The van der Waals surface area contributed by atoms with Crippen LogP contribution in [0.3, 0.4) is 0 Å². The number of esters is 1. The summed E-state index contributed by atoms with van der Waals surface area (Å²) in [5, 5.41) is 31.7. The lowest BCUT2D eigenvalue weighted by molar-refractivity contribution is -0.166. The van der Waals surface area contributed by atoms with Gasteiger partial charge in [0.05, 0.1) is 18.1 Å². The number of aliphatic hydroxyl groups is 3. The van der Waals surface area contributed by atoms with E-state index in [1.807, 2.05) is 27.7 Å². The third kappa shape index (κ3) is 6.03. The molecule has 0 saturated carbocycles. The van der Waals surface area contributed by atoms with E-state index >= 15 is 0 Å². The SMILES string of the molecule is CC[C@H]1OC(=O)C(C)C[C@H](C)CC(O)C[C@@H](C)C(=NC)C(C)C(O)C1O. The molecule has 0 aliphatic carbocycles. The first-order valence-corrected chi connectivity index (χ1v) is 9.83. The molecule has 0 spiro atoms. The summed E-state index contributed by atoms with van der Waals surface area (Å²) < 4.78 is 5.51. The molecule has 0 aromatic rings. The van der Waals surface area contributed by atoms with Gasteiger partial charge < -0.3 is 20.1 Å². The molecule has 8 atom stereocenters. The summed E-state index contributed by atoms with van der Waals surface area (Å²) in [5.74, 6) is -0.921. The number of carbonyl (C=O) groups is 1. The monoisotopic (exact) mass is 371 g/mol. The average Bonchev–Trinajstić information content (AvgIpc) is 2.57. The lowest BCUT2D eigenvalue weighted by Gasteiger charge is -2.33. The van der Waals surface area contributed by atoms with E-state index in [1.54, 1.807) is 14.0 Å². The molecule has 0 radical (unpaired) electrons. The minimum absolute atomic E-state index is 0.0120. The summed E-state index contributed by atoms with van der Waals surface area (Å²) >= 11 is 0. The van der Waals surface area contributed by atoms with Crippen molar-refractivity contribution in [3.63, 3.8) is 0 Å². The lowest BCUT2D eigenvalue weighted by Crippen LogP contribution is -2.46. The Morgan fingerprint density at radius 3 is 2.15 bits per heavy atom. The van der Waals surface area contributed by atoms with E-state index in [0.29, 0.717) is 25.7 Å². The molecule has 152 valence electrons. The zero-order valence-electron chi connectivity index (χ0n) is 17.1. The maximum absolute atomic E-state index is 12.4. The van der Waals surface area contributed by atoms with Crippen molar-refractivity contribution in [3.05, 3.63) is 0 Å². The van der Waals surface area contributed by atoms with E-state index in [4.69, 9.17) is 4.74 Å². The van der Waals surface area contributed by atoms with Crippen LogP contribution in [0.15, 0.2) is 4.99 Å². The number of carbonyl (C=O) groups excluding carboxylic acids is 1. The number of cyclic esters (lactones) is 1. The Bertz CT molecular complexity index is 481. The fourth-order valence-electron chi connectivity index (χ4n) is 4.11. The minimum atomic E-state index is -1.18. The third-order valence-corrected chi connectivity index (χ3v) is 5.60.